The van der Waals surface area contributed by atoms with Gasteiger partial charge in [-0.2, -0.15) is 18.3 Å². The molecule has 194 valence electrons. The molecule has 0 amide bonds. The molecule has 0 saturated carbocycles. The van der Waals surface area contributed by atoms with Crippen LogP contribution in [0.25, 0.3) is 22.4 Å². The minimum absolute atomic E-state index is 0.0507. The second-order valence-electron chi connectivity index (χ2n) is 8.84. The maximum atomic E-state index is 13.5. The number of fused-ring (bicyclic) bond motifs is 1. The summed E-state index contributed by atoms with van der Waals surface area (Å²) in [5, 5.41) is 4.46. The van der Waals surface area contributed by atoms with Gasteiger partial charge in [0, 0.05) is 31.5 Å². The molecule has 0 radical (unpaired) electrons. The molecule has 0 aliphatic carbocycles. The first-order valence-corrected chi connectivity index (χ1v) is 11.6. The van der Waals surface area contributed by atoms with E-state index in [0.29, 0.717) is 47.7 Å². The number of alkyl halides is 3. The Bertz CT molecular complexity index is 1440. The van der Waals surface area contributed by atoms with Crippen LogP contribution in [-0.2, 0) is 18.3 Å². The lowest BCUT2D eigenvalue weighted by atomic mass is 10.2. The van der Waals surface area contributed by atoms with Crippen LogP contribution in [-0.4, -0.2) is 63.3 Å². The van der Waals surface area contributed by atoms with Crippen LogP contribution in [0.1, 0.15) is 28.9 Å². The smallest absolute Gasteiger partial charge is 0.408 e. The number of benzene rings is 1. The molecule has 5 rings (SSSR count). The summed E-state index contributed by atoms with van der Waals surface area (Å²) in [6.45, 7) is 0.632. The molecule has 3 aromatic heterocycles. The highest BCUT2D eigenvalue weighted by Gasteiger charge is 2.46. The van der Waals surface area contributed by atoms with Gasteiger partial charge in [-0.1, -0.05) is 0 Å². The number of esters is 1. The highest BCUT2D eigenvalue weighted by molar-refractivity contribution is 5.97. The molecule has 0 N–H and O–H groups in total. The zero-order chi connectivity index (χ0) is 26.3. The van der Waals surface area contributed by atoms with Crippen molar-refractivity contribution in [3.63, 3.8) is 0 Å². The third kappa shape index (κ3) is 4.58. The molecule has 0 spiro atoms. The third-order valence-corrected chi connectivity index (χ3v) is 6.47. The zero-order valence-electron chi connectivity index (χ0n) is 20.5. The Labute approximate surface area is 210 Å². The molecule has 1 aromatic carbocycles. The molecule has 9 nitrogen and oxygen atoms in total. The van der Waals surface area contributed by atoms with Gasteiger partial charge in [0.05, 0.1) is 37.5 Å². The third-order valence-electron chi connectivity index (χ3n) is 6.47. The number of methoxy groups -OCH3 is 2. The molecule has 12 heteroatoms. The van der Waals surface area contributed by atoms with Gasteiger partial charge in [-0.05, 0) is 43.2 Å². The Kier molecular flexibility index (Phi) is 6.26. The second kappa shape index (κ2) is 9.41. The Morgan fingerprint density at radius 3 is 2.62 bits per heavy atom. The van der Waals surface area contributed by atoms with E-state index in [1.165, 1.54) is 25.3 Å². The average Bonchev–Trinajstić information content (AvgIpc) is 3.62. The van der Waals surface area contributed by atoms with Gasteiger partial charge in [0.15, 0.2) is 0 Å². The second-order valence-corrected chi connectivity index (χ2v) is 8.84. The quantitative estimate of drug-likeness (QED) is 0.356. The molecule has 1 atom stereocenters. The maximum absolute atomic E-state index is 13.5. The van der Waals surface area contributed by atoms with Crippen molar-refractivity contribution in [1.82, 2.24) is 24.3 Å². The number of hydrogen-bond donors (Lipinski definition) is 0. The van der Waals surface area contributed by atoms with Crippen molar-refractivity contribution in [2.24, 2.45) is 7.05 Å². The van der Waals surface area contributed by atoms with Crippen LogP contribution >= 0.6 is 0 Å². The Hall–Kier alpha value is -4.09. The predicted octanol–water partition coefficient (Wildman–Crippen LogP) is 4.21. The van der Waals surface area contributed by atoms with Crippen LogP contribution in [0, 0.1) is 0 Å². The number of imidazole rings is 1. The van der Waals surface area contributed by atoms with E-state index in [4.69, 9.17) is 14.5 Å². The minimum atomic E-state index is -4.32. The van der Waals surface area contributed by atoms with E-state index < -0.39 is 18.2 Å². The van der Waals surface area contributed by atoms with E-state index in [1.54, 1.807) is 28.9 Å². The number of carbonyl (C=O) groups excluding carboxylic acids is 1. The van der Waals surface area contributed by atoms with Crippen molar-refractivity contribution in [2.45, 2.75) is 31.6 Å². The topological polar surface area (TPSA) is 87.3 Å². The number of anilines is 1. The van der Waals surface area contributed by atoms with Crippen LogP contribution in [0.5, 0.6) is 5.75 Å². The molecule has 1 aliphatic heterocycles. The van der Waals surface area contributed by atoms with Gasteiger partial charge in [-0.25, -0.2) is 14.8 Å². The summed E-state index contributed by atoms with van der Waals surface area (Å²) in [6.07, 6.45) is -0.471. The van der Waals surface area contributed by atoms with Crippen LogP contribution < -0.4 is 9.64 Å². The Morgan fingerprint density at radius 2 is 2.00 bits per heavy atom. The van der Waals surface area contributed by atoms with Gasteiger partial charge in [0.1, 0.15) is 29.0 Å². The number of rotatable bonds is 6. The standard InChI is InChI=1S/C25H25F3N6O3/c1-32-10-8-17(31-32)14-34-22-18(11-16(24(35)37-3)12-19(22)36-2)30-23(34)15-6-7-21(29-13-15)33-9-4-5-20(33)25(26,27)28/h6-8,10-13,20H,4-5,9,14H2,1-3H3/t20-/m1/s1. The van der Waals surface area contributed by atoms with E-state index >= 15 is 0 Å². The molecule has 1 fully saturated rings. The number of pyridine rings is 1. The summed E-state index contributed by atoms with van der Waals surface area (Å²) in [6, 6.07) is 6.82. The monoisotopic (exact) mass is 514 g/mol. The van der Waals surface area contributed by atoms with Gasteiger partial charge in [0.2, 0.25) is 0 Å². The lowest BCUT2D eigenvalue weighted by molar-refractivity contribution is -0.146. The van der Waals surface area contributed by atoms with Crippen LogP contribution in [0.4, 0.5) is 19.0 Å². The van der Waals surface area contributed by atoms with Crippen LogP contribution in [0.15, 0.2) is 42.7 Å². The van der Waals surface area contributed by atoms with E-state index in [1.807, 2.05) is 23.9 Å². The van der Waals surface area contributed by atoms with E-state index in [-0.39, 0.29) is 17.8 Å². The SMILES string of the molecule is COC(=O)c1cc(OC)c2c(c1)nc(-c1ccc(N3CCC[C@@H]3C(F)(F)F)nc1)n2Cc1ccn(C)n1. The van der Waals surface area contributed by atoms with Gasteiger partial charge in [-0.15, -0.1) is 0 Å². The summed E-state index contributed by atoms with van der Waals surface area (Å²) in [4.78, 5) is 22.7. The molecule has 0 bridgehead atoms. The fraction of sp³-hybridized carbons (Fsp3) is 0.360. The van der Waals surface area contributed by atoms with Gasteiger partial charge < -0.3 is 18.9 Å². The van der Waals surface area contributed by atoms with Crippen molar-refractivity contribution in [3.8, 4) is 17.1 Å². The number of carbonyl (C=O) groups is 1. The van der Waals surface area contributed by atoms with Crippen molar-refractivity contribution >= 4 is 22.8 Å². The molecule has 37 heavy (non-hydrogen) atoms. The van der Waals surface area contributed by atoms with Crippen molar-refractivity contribution in [1.29, 1.82) is 0 Å². The molecule has 4 aromatic rings. The predicted molar refractivity (Wildman–Crippen MR) is 130 cm³/mol. The fourth-order valence-corrected chi connectivity index (χ4v) is 4.77. The average molecular weight is 515 g/mol. The normalized spacial score (nSPS) is 15.9. The van der Waals surface area contributed by atoms with E-state index in [0.717, 1.165) is 5.69 Å². The maximum Gasteiger partial charge on any atom is 0.408 e. The Balaban J connectivity index is 1.61. The number of nitrogens with zero attached hydrogens (tertiary/aromatic N) is 6. The number of aromatic nitrogens is 5. The first-order chi connectivity index (χ1) is 17.7. The van der Waals surface area contributed by atoms with Gasteiger partial charge in [-0.3, -0.25) is 4.68 Å². The van der Waals surface area contributed by atoms with Gasteiger partial charge >= 0.3 is 12.1 Å². The molecule has 1 saturated heterocycles. The van der Waals surface area contributed by atoms with Crippen molar-refractivity contribution in [2.75, 3.05) is 25.7 Å². The lowest BCUT2D eigenvalue weighted by Crippen LogP contribution is -2.41. The molecular weight excluding hydrogens is 489 g/mol. The summed E-state index contributed by atoms with van der Waals surface area (Å²) >= 11 is 0. The summed E-state index contributed by atoms with van der Waals surface area (Å²) in [7, 11) is 4.60. The first kappa shape index (κ1) is 24.6. The number of ether oxygens (including phenoxy) is 2. The van der Waals surface area contributed by atoms with Crippen LogP contribution in [0.3, 0.4) is 0 Å². The summed E-state index contributed by atoms with van der Waals surface area (Å²) in [5.74, 6) is 0.662. The number of aryl methyl sites for hydroxylation is 1. The highest BCUT2D eigenvalue weighted by atomic mass is 19.4. The lowest BCUT2D eigenvalue weighted by Gasteiger charge is -2.27. The minimum Gasteiger partial charge on any atom is -0.494 e. The summed E-state index contributed by atoms with van der Waals surface area (Å²) in [5.41, 5.74) is 2.77. The fourth-order valence-electron chi connectivity index (χ4n) is 4.77. The highest BCUT2D eigenvalue weighted by Crippen LogP contribution is 2.37. The van der Waals surface area contributed by atoms with Gasteiger partial charge in [0.25, 0.3) is 0 Å². The van der Waals surface area contributed by atoms with Crippen molar-refractivity contribution < 1.29 is 27.4 Å². The van der Waals surface area contributed by atoms with Crippen molar-refractivity contribution in [3.05, 3.63) is 54.0 Å². The van der Waals surface area contributed by atoms with E-state index in [9.17, 15) is 18.0 Å². The molecular formula is C25H25F3N6O3. The molecule has 4 heterocycles. The largest absolute Gasteiger partial charge is 0.494 e. The van der Waals surface area contributed by atoms with Crippen LogP contribution in [0.2, 0.25) is 0 Å². The molecule has 0 unspecified atom stereocenters. The summed E-state index contributed by atoms with van der Waals surface area (Å²) < 4.78 is 54.5. The zero-order valence-corrected chi connectivity index (χ0v) is 20.5. The number of hydrogen-bond acceptors (Lipinski definition) is 7. The first-order valence-electron chi connectivity index (χ1n) is 11.6. The number of halogens is 3. The Morgan fingerprint density at radius 1 is 1.19 bits per heavy atom. The van der Waals surface area contributed by atoms with E-state index in [2.05, 4.69) is 10.1 Å². The molecule has 1 aliphatic rings.